The highest BCUT2D eigenvalue weighted by Crippen LogP contribution is 2.32. The number of nitrogens with zero attached hydrogens (tertiary/aromatic N) is 1. The smallest absolute Gasteiger partial charge is 0.324 e. The number of hydrogen-bond donors (Lipinski definition) is 3. The molecule has 0 radical (unpaired) electrons. The number of fused-ring (bicyclic) bond motifs is 1. The maximum Gasteiger partial charge on any atom is 0.324 e. The minimum atomic E-state index is -3.93. The van der Waals surface area contributed by atoms with Crippen molar-refractivity contribution >= 4 is 27.0 Å². The lowest BCUT2D eigenvalue weighted by Crippen LogP contribution is -2.52. The molecule has 8 heteroatoms. The van der Waals surface area contributed by atoms with Gasteiger partial charge in [0.1, 0.15) is 16.1 Å². The Hall–Kier alpha value is -1.93. The van der Waals surface area contributed by atoms with E-state index in [0.717, 1.165) is 0 Å². The van der Waals surface area contributed by atoms with Crippen LogP contribution < -0.4 is 4.72 Å². The molecular weight excluding hydrogens is 294 g/mol. The molecule has 2 aromatic heterocycles. The Morgan fingerprint density at radius 3 is 2.76 bits per heavy atom. The number of carbonyl (C=O) groups is 1. The number of hydrogen-bond acceptors (Lipinski definition) is 4. The molecule has 0 bridgehead atoms. The van der Waals surface area contributed by atoms with Gasteiger partial charge in [0, 0.05) is 17.8 Å². The Bertz CT molecular complexity index is 791. The summed E-state index contributed by atoms with van der Waals surface area (Å²) in [6.45, 7) is 0. The summed E-state index contributed by atoms with van der Waals surface area (Å²) in [7, 11) is -3.93. The van der Waals surface area contributed by atoms with E-state index >= 15 is 0 Å². The lowest BCUT2D eigenvalue weighted by Gasteiger charge is -2.24. The van der Waals surface area contributed by atoms with Gasteiger partial charge < -0.3 is 10.1 Å². The number of H-pyrrole nitrogens is 1. The Kier molecular flexibility index (Phi) is 3.22. The third-order valence-corrected chi connectivity index (χ3v) is 5.48. The molecule has 1 saturated carbocycles. The molecule has 7 nitrogen and oxygen atoms in total. The molecule has 1 aliphatic rings. The van der Waals surface area contributed by atoms with Gasteiger partial charge in [-0.15, -0.1) is 0 Å². The molecule has 0 spiro atoms. The summed E-state index contributed by atoms with van der Waals surface area (Å²) in [5.41, 5.74) is -0.946. The number of sulfonamides is 1. The average molecular weight is 309 g/mol. The van der Waals surface area contributed by atoms with E-state index in [2.05, 4.69) is 14.7 Å². The standard InChI is InChI=1S/C13H15N3O4S/c17-12(18)13(5-1-2-6-13)16-21(19,20)10-8-15-11-9(10)4-3-7-14-11/h3-4,7-8,16H,1-2,5-6H2,(H,14,15)(H,17,18). The lowest BCUT2D eigenvalue weighted by molar-refractivity contribution is -0.143. The summed E-state index contributed by atoms with van der Waals surface area (Å²) in [5, 5.41) is 9.84. The highest BCUT2D eigenvalue weighted by Gasteiger charge is 2.45. The number of rotatable bonds is 4. The second kappa shape index (κ2) is 4.81. The zero-order chi connectivity index (χ0) is 15.1. The first-order chi connectivity index (χ1) is 9.95. The van der Waals surface area contributed by atoms with Crippen molar-refractivity contribution in [3.63, 3.8) is 0 Å². The van der Waals surface area contributed by atoms with Crippen LogP contribution in [0.1, 0.15) is 25.7 Å². The Morgan fingerprint density at radius 2 is 2.10 bits per heavy atom. The molecule has 2 aromatic rings. The summed E-state index contributed by atoms with van der Waals surface area (Å²) in [6.07, 6.45) is 4.90. The fraction of sp³-hybridized carbons (Fsp3) is 0.385. The molecule has 0 atom stereocenters. The number of aliphatic carboxylic acids is 1. The van der Waals surface area contributed by atoms with Crippen molar-refractivity contribution in [2.75, 3.05) is 0 Å². The van der Waals surface area contributed by atoms with E-state index in [1.807, 2.05) is 0 Å². The summed E-state index contributed by atoms with van der Waals surface area (Å²) < 4.78 is 27.5. The SMILES string of the molecule is O=C(O)C1(NS(=O)(=O)c2c[nH]c3ncccc23)CCCC1. The fourth-order valence-corrected chi connectivity index (χ4v) is 4.39. The zero-order valence-electron chi connectivity index (χ0n) is 11.2. The van der Waals surface area contributed by atoms with Gasteiger partial charge in [-0.3, -0.25) is 4.79 Å². The molecule has 3 N–H and O–H groups in total. The van der Waals surface area contributed by atoms with Crippen LogP contribution in [0.3, 0.4) is 0 Å². The van der Waals surface area contributed by atoms with Crippen molar-refractivity contribution in [1.82, 2.24) is 14.7 Å². The second-order valence-corrected chi connectivity index (χ2v) is 6.90. The van der Waals surface area contributed by atoms with E-state index < -0.39 is 21.5 Å². The third-order valence-electron chi connectivity index (χ3n) is 3.90. The first kappa shape index (κ1) is 14.0. The van der Waals surface area contributed by atoms with Crippen LogP contribution in [0.4, 0.5) is 0 Å². The minimum absolute atomic E-state index is 0.0260. The molecule has 0 unspecified atom stereocenters. The van der Waals surface area contributed by atoms with Crippen LogP contribution in [0.5, 0.6) is 0 Å². The maximum atomic E-state index is 12.6. The fourth-order valence-electron chi connectivity index (χ4n) is 2.80. The predicted octanol–water partition coefficient (Wildman–Crippen LogP) is 1.24. The van der Waals surface area contributed by atoms with Crippen molar-refractivity contribution in [3.05, 3.63) is 24.5 Å². The van der Waals surface area contributed by atoms with E-state index in [0.29, 0.717) is 36.7 Å². The molecule has 0 amide bonds. The highest BCUT2D eigenvalue weighted by atomic mass is 32.2. The highest BCUT2D eigenvalue weighted by molar-refractivity contribution is 7.89. The summed E-state index contributed by atoms with van der Waals surface area (Å²) in [4.78, 5) is 18.3. The van der Waals surface area contributed by atoms with Crippen LogP contribution in [0, 0.1) is 0 Å². The van der Waals surface area contributed by atoms with Crippen LogP contribution >= 0.6 is 0 Å². The molecule has 3 rings (SSSR count). The maximum absolute atomic E-state index is 12.6. The summed E-state index contributed by atoms with van der Waals surface area (Å²) in [6, 6.07) is 3.27. The van der Waals surface area contributed by atoms with Gasteiger partial charge in [-0.1, -0.05) is 12.8 Å². The van der Waals surface area contributed by atoms with Gasteiger partial charge in [0.05, 0.1) is 0 Å². The second-order valence-electron chi connectivity index (χ2n) is 5.25. The lowest BCUT2D eigenvalue weighted by atomic mass is 10.0. The number of carboxylic acids is 1. The zero-order valence-corrected chi connectivity index (χ0v) is 12.0. The van der Waals surface area contributed by atoms with Crippen molar-refractivity contribution in [1.29, 1.82) is 0 Å². The normalized spacial score (nSPS) is 18.1. The monoisotopic (exact) mass is 309 g/mol. The Morgan fingerprint density at radius 1 is 1.38 bits per heavy atom. The minimum Gasteiger partial charge on any atom is -0.480 e. The molecule has 0 aliphatic heterocycles. The van der Waals surface area contributed by atoms with Gasteiger partial charge in [0.15, 0.2) is 0 Å². The molecule has 1 fully saturated rings. The largest absolute Gasteiger partial charge is 0.480 e. The number of aromatic nitrogens is 2. The Labute approximate surface area is 121 Å². The molecule has 1 aliphatic carbocycles. The number of carboxylic acid groups (broad SMARTS) is 1. The van der Waals surface area contributed by atoms with E-state index in [1.54, 1.807) is 18.3 Å². The van der Waals surface area contributed by atoms with Crippen molar-refractivity contribution in [2.45, 2.75) is 36.1 Å². The summed E-state index contributed by atoms with van der Waals surface area (Å²) >= 11 is 0. The van der Waals surface area contributed by atoms with Crippen LogP contribution in [-0.2, 0) is 14.8 Å². The molecule has 0 aromatic carbocycles. The van der Waals surface area contributed by atoms with Gasteiger partial charge in [-0.25, -0.2) is 13.4 Å². The molecule has 0 saturated heterocycles. The third kappa shape index (κ3) is 2.30. The predicted molar refractivity (Wildman–Crippen MR) is 75.3 cm³/mol. The number of nitrogens with one attached hydrogen (secondary N) is 2. The Balaban J connectivity index is 2.03. The topological polar surface area (TPSA) is 112 Å². The molecule has 2 heterocycles. The van der Waals surface area contributed by atoms with E-state index in [9.17, 15) is 18.3 Å². The first-order valence-corrected chi connectivity index (χ1v) is 8.12. The molecule has 21 heavy (non-hydrogen) atoms. The number of aromatic amines is 1. The number of pyridine rings is 1. The quantitative estimate of drug-likeness (QED) is 0.786. The van der Waals surface area contributed by atoms with E-state index in [1.165, 1.54) is 6.20 Å². The van der Waals surface area contributed by atoms with Crippen LogP contribution in [0.2, 0.25) is 0 Å². The first-order valence-electron chi connectivity index (χ1n) is 6.64. The van der Waals surface area contributed by atoms with Gasteiger partial charge in [0.2, 0.25) is 10.0 Å². The van der Waals surface area contributed by atoms with Crippen molar-refractivity contribution < 1.29 is 18.3 Å². The van der Waals surface area contributed by atoms with Gasteiger partial charge in [0.25, 0.3) is 0 Å². The summed E-state index contributed by atoms with van der Waals surface area (Å²) in [5.74, 6) is -1.12. The van der Waals surface area contributed by atoms with Crippen LogP contribution in [-0.4, -0.2) is 35.0 Å². The van der Waals surface area contributed by atoms with Gasteiger partial charge in [-0.2, -0.15) is 4.72 Å². The van der Waals surface area contributed by atoms with E-state index in [4.69, 9.17) is 0 Å². The van der Waals surface area contributed by atoms with Crippen molar-refractivity contribution in [2.24, 2.45) is 0 Å². The van der Waals surface area contributed by atoms with Crippen LogP contribution in [0.25, 0.3) is 11.0 Å². The van der Waals surface area contributed by atoms with Crippen molar-refractivity contribution in [3.8, 4) is 0 Å². The van der Waals surface area contributed by atoms with Crippen LogP contribution in [0.15, 0.2) is 29.4 Å². The molecular formula is C13H15N3O4S. The van der Waals surface area contributed by atoms with E-state index in [-0.39, 0.29) is 4.90 Å². The van der Waals surface area contributed by atoms with Gasteiger partial charge >= 0.3 is 5.97 Å². The average Bonchev–Trinajstić information content (AvgIpc) is 3.05. The van der Waals surface area contributed by atoms with Gasteiger partial charge in [-0.05, 0) is 25.0 Å². The molecule has 112 valence electrons.